The fraction of sp³-hybridized carbons (Fsp3) is 0.450. The zero-order valence-electron chi connectivity index (χ0n) is 16.3. The number of aromatic nitrogens is 2. The van der Waals surface area contributed by atoms with E-state index in [0.717, 1.165) is 57.7 Å². The second-order valence-electron chi connectivity index (χ2n) is 6.72. The first-order valence-corrected chi connectivity index (χ1v) is 9.46. The van der Waals surface area contributed by atoms with Crippen LogP contribution in [0.4, 0.5) is 5.95 Å². The highest BCUT2D eigenvalue weighted by Gasteiger charge is 2.20. The predicted octanol–water partition coefficient (Wildman–Crippen LogP) is 1.31. The molecule has 0 radical (unpaired) electrons. The highest BCUT2D eigenvalue weighted by Crippen LogP contribution is 2.09. The van der Waals surface area contributed by atoms with Gasteiger partial charge in [0.15, 0.2) is 5.96 Å². The Balaban J connectivity index is 1.41. The van der Waals surface area contributed by atoms with Crippen molar-refractivity contribution in [1.29, 1.82) is 0 Å². The maximum atomic E-state index is 4.45. The van der Waals surface area contributed by atoms with Crippen LogP contribution in [0.25, 0.3) is 0 Å². The molecular weight excluding hydrogens is 338 g/mol. The summed E-state index contributed by atoms with van der Waals surface area (Å²) >= 11 is 0. The lowest BCUT2D eigenvalue weighted by atomic mass is 10.2. The summed E-state index contributed by atoms with van der Waals surface area (Å²) in [7, 11) is 4.00. The first kappa shape index (κ1) is 19.1. The molecule has 0 aliphatic carbocycles. The lowest BCUT2D eigenvalue weighted by molar-refractivity contribution is 0.324. The molecule has 0 unspecified atom stereocenters. The molecule has 27 heavy (non-hydrogen) atoms. The van der Waals surface area contributed by atoms with Crippen molar-refractivity contribution in [3.8, 4) is 0 Å². The number of likely N-dealkylation sites (N-methyl/N-ethyl adjacent to an activating group) is 1. The van der Waals surface area contributed by atoms with Gasteiger partial charge in [-0.25, -0.2) is 9.97 Å². The summed E-state index contributed by atoms with van der Waals surface area (Å²) in [5.74, 6) is 1.78. The Hall–Kier alpha value is -2.67. The summed E-state index contributed by atoms with van der Waals surface area (Å²) in [5, 5.41) is 3.49. The van der Waals surface area contributed by atoms with E-state index in [1.807, 2.05) is 13.1 Å². The highest BCUT2D eigenvalue weighted by molar-refractivity contribution is 5.80. The minimum Gasteiger partial charge on any atom is -0.355 e. The Morgan fingerprint density at radius 3 is 2.44 bits per heavy atom. The van der Waals surface area contributed by atoms with Crippen LogP contribution in [0.5, 0.6) is 0 Å². The third-order valence-corrected chi connectivity index (χ3v) is 4.70. The Morgan fingerprint density at radius 1 is 1.07 bits per heavy atom. The molecule has 1 aliphatic rings. The highest BCUT2D eigenvalue weighted by atomic mass is 15.4. The van der Waals surface area contributed by atoms with Crippen LogP contribution in [0.3, 0.4) is 0 Å². The van der Waals surface area contributed by atoms with Crippen LogP contribution in [0.2, 0.25) is 0 Å². The van der Waals surface area contributed by atoms with Crippen LogP contribution in [0.15, 0.2) is 53.8 Å². The van der Waals surface area contributed by atoms with E-state index in [4.69, 9.17) is 0 Å². The van der Waals surface area contributed by atoms with Gasteiger partial charge in [-0.05, 0) is 18.7 Å². The van der Waals surface area contributed by atoms with E-state index >= 15 is 0 Å². The van der Waals surface area contributed by atoms with E-state index in [2.05, 4.69) is 72.4 Å². The van der Waals surface area contributed by atoms with Crippen molar-refractivity contribution in [3.63, 3.8) is 0 Å². The molecule has 0 bridgehead atoms. The third kappa shape index (κ3) is 5.65. The van der Waals surface area contributed by atoms with Crippen molar-refractivity contribution < 1.29 is 0 Å². The number of nitrogens with zero attached hydrogens (tertiary/aromatic N) is 6. The maximum absolute atomic E-state index is 4.45. The number of hydrogen-bond donors (Lipinski definition) is 1. The van der Waals surface area contributed by atoms with Crippen molar-refractivity contribution in [2.75, 3.05) is 58.3 Å². The zero-order valence-corrected chi connectivity index (χ0v) is 16.3. The lowest BCUT2D eigenvalue weighted by Crippen LogP contribution is -2.53. The van der Waals surface area contributed by atoms with Crippen molar-refractivity contribution in [2.45, 2.75) is 6.54 Å². The first-order valence-electron chi connectivity index (χ1n) is 9.46. The molecule has 1 N–H and O–H groups in total. The number of nitrogens with one attached hydrogen (secondary N) is 1. The Bertz CT molecular complexity index is 697. The number of aliphatic imine (C=N–C) groups is 1. The summed E-state index contributed by atoms with van der Waals surface area (Å²) in [6.07, 6.45) is 3.59. The molecule has 2 heterocycles. The quantitative estimate of drug-likeness (QED) is 0.614. The van der Waals surface area contributed by atoms with Gasteiger partial charge in [0, 0.05) is 65.3 Å². The van der Waals surface area contributed by atoms with Gasteiger partial charge in [0.25, 0.3) is 0 Å². The summed E-state index contributed by atoms with van der Waals surface area (Å²) in [6.45, 7) is 6.42. The topological polar surface area (TPSA) is 59.9 Å². The van der Waals surface area contributed by atoms with Crippen molar-refractivity contribution >= 4 is 11.9 Å². The molecule has 0 spiro atoms. The number of hydrogen-bond acceptors (Lipinski definition) is 5. The number of anilines is 1. The van der Waals surface area contributed by atoms with Gasteiger partial charge in [-0.1, -0.05) is 30.3 Å². The van der Waals surface area contributed by atoms with Crippen LogP contribution >= 0.6 is 0 Å². The van der Waals surface area contributed by atoms with Gasteiger partial charge in [-0.3, -0.25) is 4.99 Å². The normalized spacial score (nSPS) is 15.3. The van der Waals surface area contributed by atoms with Crippen LogP contribution in [-0.4, -0.2) is 79.1 Å². The molecule has 1 fully saturated rings. The van der Waals surface area contributed by atoms with E-state index in [1.165, 1.54) is 5.56 Å². The fourth-order valence-electron chi connectivity index (χ4n) is 3.24. The smallest absolute Gasteiger partial charge is 0.225 e. The van der Waals surface area contributed by atoms with Crippen molar-refractivity contribution in [2.24, 2.45) is 4.99 Å². The Kier molecular flexibility index (Phi) is 6.98. The lowest BCUT2D eigenvalue weighted by Gasteiger charge is -2.36. The monoisotopic (exact) mass is 367 g/mol. The molecule has 7 nitrogen and oxygen atoms in total. The van der Waals surface area contributed by atoms with E-state index in [1.54, 1.807) is 12.4 Å². The minimum atomic E-state index is 0.808. The van der Waals surface area contributed by atoms with Gasteiger partial charge in [0.05, 0.1) is 0 Å². The summed E-state index contributed by atoms with van der Waals surface area (Å²) in [6, 6.07) is 12.4. The molecule has 1 aromatic heterocycles. The number of guanidine groups is 1. The van der Waals surface area contributed by atoms with Gasteiger partial charge >= 0.3 is 0 Å². The molecule has 1 aromatic carbocycles. The molecular formula is C20H29N7. The van der Waals surface area contributed by atoms with Gasteiger partial charge in [0.1, 0.15) is 0 Å². The van der Waals surface area contributed by atoms with Crippen LogP contribution < -0.4 is 10.2 Å². The van der Waals surface area contributed by atoms with E-state index < -0.39 is 0 Å². The molecule has 3 rings (SSSR count). The van der Waals surface area contributed by atoms with Crippen LogP contribution in [-0.2, 0) is 6.54 Å². The SMILES string of the molecule is CN=C(NCCN(C)Cc1ccccc1)N1CCN(c2ncccn2)CC1. The van der Waals surface area contributed by atoms with Gasteiger partial charge < -0.3 is 20.0 Å². The van der Waals surface area contributed by atoms with E-state index in [-0.39, 0.29) is 0 Å². The number of piperazine rings is 1. The number of rotatable bonds is 6. The molecule has 7 heteroatoms. The molecule has 0 atom stereocenters. The Morgan fingerprint density at radius 2 is 1.78 bits per heavy atom. The molecule has 1 saturated heterocycles. The molecule has 0 saturated carbocycles. The number of benzene rings is 1. The largest absolute Gasteiger partial charge is 0.355 e. The van der Waals surface area contributed by atoms with Gasteiger partial charge in [-0.15, -0.1) is 0 Å². The average Bonchev–Trinajstić information content (AvgIpc) is 2.73. The summed E-state index contributed by atoms with van der Waals surface area (Å²) in [4.78, 5) is 20.0. The van der Waals surface area contributed by atoms with Crippen LogP contribution in [0, 0.1) is 0 Å². The zero-order chi connectivity index (χ0) is 18.9. The molecule has 2 aromatic rings. The summed E-state index contributed by atoms with van der Waals surface area (Å²) < 4.78 is 0. The molecule has 1 aliphatic heterocycles. The standard InChI is InChI=1S/C20H29N7/c1-21-19(24-11-12-25(2)17-18-7-4-3-5-8-18)26-13-15-27(16-14-26)20-22-9-6-10-23-20/h3-10H,11-17H2,1-2H3,(H,21,24). The summed E-state index contributed by atoms with van der Waals surface area (Å²) in [5.41, 5.74) is 1.34. The third-order valence-electron chi connectivity index (χ3n) is 4.70. The Labute approximate surface area is 161 Å². The predicted molar refractivity (Wildman–Crippen MR) is 110 cm³/mol. The van der Waals surface area contributed by atoms with E-state index in [0.29, 0.717) is 0 Å². The van der Waals surface area contributed by atoms with Crippen LogP contribution in [0.1, 0.15) is 5.56 Å². The second kappa shape index (κ2) is 9.87. The van der Waals surface area contributed by atoms with E-state index in [9.17, 15) is 0 Å². The molecule has 144 valence electrons. The van der Waals surface area contributed by atoms with Crippen molar-refractivity contribution in [3.05, 3.63) is 54.4 Å². The first-order chi connectivity index (χ1) is 13.3. The molecule has 0 amide bonds. The second-order valence-corrected chi connectivity index (χ2v) is 6.72. The average molecular weight is 368 g/mol. The van der Waals surface area contributed by atoms with Gasteiger partial charge in [-0.2, -0.15) is 0 Å². The van der Waals surface area contributed by atoms with Gasteiger partial charge in [0.2, 0.25) is 5.95 Å². The van der Waals surface area contributed by atoms with Crippen molar-refractivity contribution in [1.82, 2.24) is 25.1 Å². The fourth-order valence-corrected chi connectivity index (χ4v) is 3.24. The maximum Gasteiger partial charge on any atom is 0.225 e. The minimum absolute atomic E-state index is 0.808.